The summed E-state index contributed by atoms with van der Waals surface area (Å²) in [5.41, 5.74) is 3.43. The Kier molecular flexibility index (Phi) is 4.42. The molecule has 1 rings (SSSR count). The molecule has 80 valence electrons. The molecule has 0 atom stereocenters. The van der Waals surface area contributed by atoms with Gasteiger partial charge < -0.3 is 14.9 Å². The molecule has 0 radical (unpaired) electrons. The molecular formula is C9H12BNO3S. The Hall–Kier alpha value is -1.24. The Labute approximate surface area is 92.6 Å². The minimum atomic E-state index is -1.47. The zero-order valence-electron chi connectivity index (χ0n) is 8.30. The van der Waals surface area contributed by atoms with Gasteiger partial charge in [-0.1, -0.05) is 6.58 Å². The van der Waals surface area contributed by atoms with E-state index < -0.39 is 7.12 Å². The van der Waals surface area contributed by atoms with Crippen molar-refractivity contribution in [2.75, 3.05) is 0 Å². The summed E-state index contributed by atoms with van der Waals surface area (Å²) in [6.07, 6.45) is 1.50. The number of nitrogens with one attached hydrogen (secondary N) is 1. The molecule has 0 bridgehead atoms. The molecule has 0 spiro atoms. The van der Waals surface area contributed by atoms with Crippen LogP contribution in [0, 0.1) is 0 Å². The molecular weight excluding hydrogens is 213 g/mol. The summed E-state index contributed by atoms with van der Waals surface area (Å²) in [5.74, 6) is 0.691. The van der Waals surface area contributed by atoms with Crippen LogP contribution in [0.5, 0.6) is 5.75 Å². The third-order valence-electron chi connectivity index (χ3n) is 1.60. The normalized spacial score (nSPS) is 11.0. The van der Waals surface area contributed by atoms with Gasteiger partial charge in [0.2, 0.25) is 0 Å². The first-order chi connectivity index (χ1) is 7.09. The van der Waals surface area contributed by atoms with Gasteiger partial charge in [-0.2, -0.15) is 0 Å². The van der Waals surface area contributed by atoms with Crippen LogP contribution in [-0.2, 0) is 0 Å². The maximum atomic E-state index is 8.80. The Bertz CT molecular complexity index is 348. The van der Waals surface area contributed by atoms with Crippen LogP contribution in [0.25, 0.3) is 0 Å². The van der Waals surface area contributed by atoms with E-state index in [0.717, 1.165) is 0 Å². The van der Waals surface area contributed by atoms with Crippen molar-refractivity contribution in [3.8, 4) is 5.75 Å². The third-order valence-corrected chi connectivity index (χ3v) is 2.27. The van der Waals surface area contributed by atoms with Crippen LogP contribution in [0.1, 0.15) is 6.92 Å². The van der Waals surface area contributed by atoms with Gasteiger partial charge in [0.05, 0.1) is 5.70 Å². The van der Waals surface area contributed by atoms with Crippen LogP contribution in [0.15, 0.2) is 40.7 Å². The smallest absolute Gasteiger partial charge is 0.423 e. The van der Waals surface area contributed by atoms with E-state index in [4.69, 9.17) is 14.9 Å². The highest BCUT2D eigenvalue weighted by atomic mass is 32.1. The maximum absolute atomic E-state index is 8.80. The standard InChI is InChI=1S/C9H12BNO3S/c1-7(10(12)13)5-8(2)11-14-9-3-4-15-6-9/h3-6,11-13H,2H2,1H3/b7-5+. The van der Waals surface area contributed by atoms with E-state index in [-0.39, 0.29) is 0 Å². The minimum absolute atomic E-state index is 0.390. The minimum Gasteiger partial charge on any atom is -0.423 e. The van der Waals surface area contributed by atoms with E-state index in [0.29, 0.717) is 16.9 Å². The summed E-state index contributed by atoms with van der Waals surface area (Å²) in [5, 5.41) is 21.3. The van der Waals surface area contributed by atoms with Crippen molar-refractivity contribution in [3.63, 3.8) is 0 Å². The number of rotatable bonds is 5. The van der Waals surface area contributed by atoms with Gasteiger partial charge in [-0.15, -0.1) is 11.3 Å². The van der Waals surface area contributed by atoms with E-state index in [2.05, 4.69) is 12.1 Å². The monoisotopic (exact) mass is 225 g/mol. The van der Waals surface area contributed by atoms with Crippen LogP contribution in [0.3, 0.4) is 0 Å². The highest BCUT2D eigenvalue weighted by molar-refractivity contribution is 7.08. The lowest BCUT2D eigenvalue weighted by atomic mass is 9.80. The van der Waals surface area contributed by atoms with Crippen LogP contribution < -0.4 is 10.3 Å². The van der Waals surface area contributed by atoms with Crippen molar-refractivity contribution in [1.82, 2.24) is 5.48 Å². The first-order valence-electron chi connectivity index (χ1n) is 4.28. The average Bonchev–Trinajstić information content (AvgIpc) is 2.66. The second kappa shape index (κ2) is 5.60. The van der Waals surface area contributed by atoms with E-state index in [9.17, 15) is 0 Å². The summed E-state index contributed by atoms with van der Waals surface area (Å²) in [6.45, 7) is 5.23. The van der Waals surface area contributed by atoms with Gasteiger partial charge in [0.25, 0.3) is 0 Å². The van der Waals surface area contributed by atoms with E-state index in [1.54, 1.807) is 6.92 Å². The molecule has 0 aliphatic heterocycles. The lowest BCUT2D eigenvalue weighted by molar-refractivity contribution is 0.235. The zero-order valence-corrected chi connectivity index (χ0v) is 9.12. The topological polar surface area (TPSA) is 61.7 Å². The first-order valence-corrected chi connectivity index (χ1v) is 5.22. The van der Waals surface area contributed by atoms with Crippen molar-refractivity contribution < 1.29 is 14.9 Å². The highest BCUT2D eigenvalue weighted by Crippen LogP contribution is 2.13. The van der Waals surface area contributed by atoms with Crippen LogP contribution in [0.4, 0.5) is 0 Å². The molecule has 3 N–H and O–H groups in total. The van der Waals surface area contributed by atoms with Gasteiger partial charge in [-0.3, -0.25) is 0 Å². The lowest BCUT2D eigenvalue weighted by Gasteiger charge is -2.07. The average molecular weight is 225 g/mol. The summed E-state index contributed by atoms with van der Waals surface area (Å²) in [4.78, 5) is 5.14. The predicted molar refractivity (Wildman–Crippen MR) is 61.2 cm³/mol. The number of hydrogen-bond acceptors (Lipinski definition) is 5. The predicted octanol–water partition coefficient (Wildman–Crippen LogP) is 1.10. The van der Waals surface area contributed by atoms with E-state index in [1.807, 2.05) is 16.8 Å². The fraction of sp³-hybridized carbons (Fsp3) is 0.111. The molecule has 0 aliphatic carbocycles. The molecule has 0 amide bonds. The van der Waals surface area contributed by atoms with Crippen molar-refractivity contribution in [2.24, 2.45) is 0 Å². The third kappa shape index (κ3) is 4.20. The Balaban J connectivity index is 2.40. The molecule has 4 nitrogen and oxygen atoms in total. The first kappa shape index (κ1) is 11.8. The summed E-state index contributed by atoms with van der Waals surface area (Å²) < 4.78 is 0. The van der Waals surface area contributed by atoms with Crippen LogP contribution >= 0.6 is 11.3 Å². The SMILES string of the molecule is C=C(/C=C(\C)B(O)O)NOc1ccsc1. The summed E-state index contributed by atoms with van der Waals surface area (Å²) in [6, 6.07) is 1.81. The molecule has 0 saturated heterocycles. The molecule has 0 saturated carbocycles. The Morgan fingerprint density at radius 1 is 1.67 bits per heavy atom. The largest absolute Gasteiger partial charge is 0.483 e. The Morgan fingerprint density at radius 3 is 2.93 bits per heavy atom. The molecule has 6 heteroatoms. The number of hydrogen-bond donors (Lipinski definition) is 3. The molecule has 0 aliphatic rings. The van der Waals surface area contributed by atoms with Crippen molar-refractivity contribution >= 4 is 18.5 Å². The van der Waals surface area contributed by atoms with Crippen molar-refractivity contribution in [1.29, 1.82) is 0 Å². The molecule has 15 heavy (non-hydrogen) atoms. The fourth-order valence-electron chi connectivity index (χ4n) is 0.813. The van der Waals surface area contributed by atoms with Crippen LogP contribution in [0.2, 0.25) is 0 Å². The molecule has 0 unspecified atom stereocenters. The Morgan fingerprint density at radius 2 is 2.40 bits per heavy atom. The van der Waals surface area contributed by atoms with Gasteiger partial charge in [-0.25, -0.2) is 5.48 Å². The lowest BCUT2D eigenvalue weighted by Crippen LogP contribution is -2.18. The van der Waals surface area contributed by atoms with Crippen LogP contribution in [-0.4, -0.2) is 17.2 Å². The molecule has 1 heterocycles. The number of allylic oxidation sites excluding steroid dienone is 2. The zero-order chi connectivity index (χ0) is 11.3. The second-order valence-electron chi connectivity index (χ2n) is 2.95. The van der Waals surface area contributed by atoms with Gasteiger partial charge in [-0.05, 0) is 29.9 Å². The van der Waals surface area contributed by atoms with E-state index in [1.165, 1.54) is 17.4 Å². The quantitative estimate of drug-likeness (QED) is 0.399. The highest BCUT2D eigenvalue weighted by Gasteiger charge is 2.08. The summed E-state index contributed by atoms with van der Waals surface area (Å²) in [7, 11) is -1.47. The molecule has 0 fully saturated rings. The van der Waals surface area contributed by atoms with Gasteiger partial charge in [0, 0.05) is 5.38 Å². The molecule has 0 aromatic carbocycles. The van der Waals surface area contributed by atoms with Gasteiger partial charge >= 0.3 is 7.12 Å². The van der Waals surface area contributed by atoms with Crippen molar-refractivity contribution in [2.45, 2.75) is 6.92 Å². The molecule has 1 aromatic rings. The molecule has 1 aromatic heterocycles. The fourth-order valence-corrected chi connectivity index (χ4v) is 1.37. The second-order valence-corrected chi connectivity index (χ2v) is 3.73. The van der Waals surface area contributed by atoms with Gasteiger partial charge in [0.15, 0.2) is 5.75 Å². The van der Waals surface area contributed by atoms with E-state index >= 15 is 0 Å². The maximum Gasteiger partial charge on any atom is 0.483 e. The van der Waals surface area contributed by atoms with Crippen molar-refractivity contribution in [3.05, 3.63) is 40.7 Å². The summed E-state index contributed by atoms with van der Waals surface area (Å²) >= 11 is 1.52. The number of thiophene rings is 1. The van der Waals surface area contributed by atoms with Gasteiger partial charge in [0.1, 0.15) is 0 Å². The number of hydroxylamine groups is 1.